The van der Waals surface area contributed by atoms with Gasteiger partial charge in [0.15, 0.2) is 0 Å². The van der Waals surface area contributed by atoms with Crippen molar-refractivity contribution in [1.29, 1.82) is 0 Å². The van der Waals surface area contributed by atoms with E-state index in [0.29, 0.717) is 12.2 Å². The van der Waals surface area contributed by atoms with Gasteiger partial charge in [-0.15, -0.1) is 0 Å². The van der Waals surface area contributed by atoms with Crippen molar-refractivity contribution in [3.63, 3.8) is 0 Å². The Balaban J connectivity index is 1.67. The molecule has 1 amide bonds. The molecule has 2 aliphatic rings. The predicted molar refractivity (Wildman–Crippen MR) is 99.6 cm³/mol. The zero-order chi connectivity index (χ0) is 19.1. The van der Waals surface area contributed by atoms with Crippen LogP contribution in [0, 0.1) is 20.8 Å². The third-order valence-electron chi connectivity index (χ3n) is 5.71. The van der Waals surface area contributed by atoms with Crippen molar-refractivity contribution in [2.75, 3.05) is 13.1 Å². The second-order valence-corrected chi connectivity index (χ2v) is 7.59. The average molecular weight is 370 g/mol. The summed E-state index contributed by atoms with van der Waals surface area (Å²) in [4.78, 5) is 37.0. The molecular formula is C19H26N6O2. The van der Waals surface area contributed by atoms with Gasteiger partial charge in [-0.3, -0.25) is 19.3 Å². The van der Waals surface area contributed by atoms with Gasteiger partial charge in [-0.05, 0) is 46.5 Å². The van der Waals surface area contributed by atoms with Crippen LogP contribution in [0.25, 0.3) is 0 Å². The number of aromatic nitrogens is 5. The van der Waals surface area contributed by atoms with Gasteiger partial charge >= 0.3 is 5.69 Å². The zero-order valence-electron chi connectivity index (χ0n) is 16.2. The van der Waals surface area contributed by atoms with E-state index in [1.54, 1.807) is 4.57 Å². The molecule has 1 atom stereocenters. The number of nitrogens with zero attached hydrogens (tertiary/aromatic N) is 6. The number of carbonyl (C=O) groups excluding carboxylic acids is 1. The SMILES string of the molecule is Cc1nc(C)c(Cn2nc3n(c2=O)[C@@H](C(=O)N2CCCC2)CCC3)nc1C. The zero-order valence-corrected chi connectivity index (χ0v) is 16.2. The highest BCUT2D eigenvalue weighted by Gasteiger charge is 2.34. The summed E-state index contributed by atoms with van der Waals surface area (Å²) in [6, 6.07) is -0.417. The first kappa shape index (κ1) is 17.9. The summed E-state index contributed by atoms with van der Waals surface area (Å²) in [5, 5.41) is 4.53. The number of likely N-dealkylation sites (tertiary alicyclic amines) is 1. The van der Waals surface area contributed by atoms with E-state index in [1.165, 1.54) is 4.68 Å². The maximum absolute atomic E-state index is 13.1. The van der Waals surface area contributed by atoms with E-state index >= 15 is 0 Å². The summed E-state index contributed by atoms with van der Waals surface area (Å²) < 4.78 is 3.06. The van der Waals surface area contributed by atoms with E-state index in [2.05, 4.69) is 15.1 Å². The molecule has 0 bridgehead atoms. The van der Waals surface area contributed by atoms with Crippen LogP contribution in [0.4, 0.5) is 0 Å². The van der Waals surface area contributed by atoms with E-state index in [1.807, 2.05) is 25.7 Å². The molecule has 1 saturated heterocycles. The number of fused-ring (bicyclic) bond motifs is 1. The monoisotopic (exact) mass is 370 g/mol. The minimum Gasteiger partial charge on any atom is -0.341 e. The Bertz CT molecular complexity index is 938. The molecule has 8 heteroatoms. The Morgan fingerprint density at radius 2 is 1.74 bits per heavy atom. The molecule has 0 radical (unpaired) electrons. The smallest absolute Gasteiger partial charge is 0.341 e. The maximum Gasteiger partial charge on any atom is 0.347 e. The van der Waals surface area contributed by atoms with Crippen LogP contribution in [-0.2, 0) is 17.8 Å². The molecule has 2 aromatic heterocycles. The lowest BCUT2D eigenvalue weighted by atomic mass is 10.0. The predicted octanol–water partition coefficient (Wildman–Crippen LogP) is 1.31. The van der Waals surface area contributed by atoms with Crippen molar-refractivity contribution in [1.82, 2.24) is 29.2 Å². The summed E-state index contributed by atoms with van der Waals surface area (Å²) in [6.45, 7) is 7.61. The first-order valence-corrected chi connectivity index (χ1v) is 9.73. The van der Waals surface area contributed by atoms with Crippen LogP contribution >= 0.6 is 0 Å². The summed E-state index contributed by atoms with van der Waals surface area (Å²) in [7, 11) is 0. The third kappa shape index (κ3) is 3.17. The van der Waals surface area contributed by atoms with Gasteiger partial charge in [0.25, 0.3) is 0 Å². The summed E-state index contributed by atoms with van der Waals surface area (Å²) in [5.41, 5.74) is 3.08. The summed E-state index contributed by atoms with van der Waals surface area (Å²) >= 11 is 0. The van der Waals surface area contributed by atoms with Crippen molar-refractivity contribution in [2.45, 2.75) is 65.5 Å². The van der Waals surface area contributed by atoms with Crippen molar-refractivity contribution < 1.29 is 4.79 Å². The van der Waals surface area contributed by atoms with Crippen LogP contribution in [0.3, 0.4) is 0 Å². The summed E-state index contributed by atoms with van der Waals surface area (Å²) in [6.07, 6.45) is 4.40. The highest BCUT2D eigenvalue weighted by atomic mass is 16.2. The normalized spacial score (nSPS) is 19.4. The molecule has 0 saturated carbocycles. The second-order valence-electron chi connectivity index (χ2n) is 7.59. The molecule has 4 rings (SSSR count). The number of aryl methyl sites for hydroxylation is 4. The highest BCUT2D eigenvalue weighted by molar-refractivity contribution is 5.80. The van der Waals surface area contributed by atoms with E-state index < -0.39 is 6.04 Å². The molecule has 144 valence electrons. The van der Waals surface area contributed by atoms with Crippen LogP contribution in [0.15, 0.2) is 4.79 Å². The van der Waals surface area contributed by atoms with Gasteiger partial charge in [-0.1, -0.05) is 0 Å². The van der Waals surface area contributed by atoms with Crippen molar-refractivity contribution in [3.8, 4) is 0 Å². The van der Waals surface area contributed by atoms with Crippen molar-refractivity contribution in [3.05, 3.63) is 39.1 Å². The standard InChI is InChI=1S/C19H26N6O2/c1-12-13(2)21-15(14(3)20-12)11-24-19(27)25-16(7-6-8-17(25)22-24)18(26)23-9-4-5-10-23/h16H,4-11H2,1-3H3/t16-/m1/s1. The topological polar surface area (TPSA) is 85.9 Å². The lowest BCUT2D eigenvalue weighted by Crippen LogP contribution is -2.41. The van der Waals surface area contributed by atoms with Gasteiger partial charge in [-0.2, -0.15) is 5.10 Å². The number of rotatable bonds is 3. The van der Waals surface area contributed by atoms with Crippen molar-refractivity contribution >= 4 is 5.91 Å². The van der Waals surface area contributed by atoms with E-state index in [-0.39, 0.29) is 18.1 Å². The Kier molecular flexibility index (Phi) is 4.57. The Hall–Kier alpha value is -2.51. The van der Waals surface area contributed by atoms with E-state index in [9.17, 15) is 9.59 Å². The van der Waals surface area contributed by atoms with E-state index in [4.69, 9.17) is 0 Å². The molecule has 0 N–H and O–H groups in total. The second kappa shape index (κ2) is 6.90. The Morgan fingerprint density at radius 1 is 1.04 bits per heavy atom. The van der Waals surface area contributed by atoms with Gasteiger partial charge in [0.2, 0.25) is 5.91 Å². The third-order valence-corrected chi connectivity index (χ3v) is 5.71. The first-order chi connectivity index (χ1) is 13.0. The average Bonchev–Trinajstić information content (AvgIpc) is 3.28. The Morgan fingerprint density at radius 3 is 2.48 bits per heavy atom. The molecule has 2 aliphatic heterocycles. The molecule has 4 heterocycles. The quantitative estimate of drug-likeness (QED) is 0.813. The molecule has 0 aliphatic carbocycles. The molecule has 2 aromatic rings. The van der Waals surface area contributed by atoms with Crippen LogP contribution in [0.2, 0.25) is 0 Å². The fraction of sp³-hybridized carbons (Fsp3) is 0.632. The Labute approximate surface area is 158 Å². The largest absolute Gasteiger partial charge is 0.347 e. The molecule has 0 unspecified atom stereocenters. The number of hydrogen-bond donors (Lipinski definition) is 0. The van der Waals surface area contributed by atoms with Gasteiger partial charge in [-0.25, -0.2) is 9.48 Å². The fourth-order valence-corrected chi connectivity index (χ4v) is 4.07. The van der Waals surface area contributed by atoms with Crippen LogP contribution in [0.5, 0.6) is 0 Å². The molecule has 8 nitrogen and oxygen atoms in total. The summed E-state index contributed by atoms with van der Waals surface area (Å²) in [5.74, 6) is 0.774. The molecule has 27 heavy (non-hydrogen) atoms. The van der Waals surface area contributed by atoms with Crippen LogP contribution < -0.4 is 5.69 Å². The number of carbonyl (C=O) groups is 1. The van der Waals surface area contributed by atoms with Gasteiger partial charge in [0.05, 0.1) is 29.3 Å². The first-order valence-electron chi connectivity index (χ1n) is 9.73. The van der Waals surface area contributed by atoms with Crippen LogP contribution in [0.1, 0.15) is 60.3 Å². The van der Waals surface area contributed by atoms with Gasteiger partial charge < -0.3 is 4.90 Å². The molecule has 1 fully saturated rings. The van der Waals surface area contributed by atoms with Crippen molar-refractivity contribution in [2.24, 2.45) is 0 Å². The number of hydrogen-bond acceptors (Lipinski definition) is 5. The van der Waals surface area contributed by atoms with Gasteiger partial charge in [0, 0.05) is 19.5 Å². The van der Waals surface area contributed by atoms with Crippen LogP contribution in [-0.4, -0.2) is 48.2 Å². The lowest BCUT2D eigenvalue weighted by molar-refractivity contribution is -0.134. The fourth-order valence-electron chi connectivity index (χ4n) is 4.07. The maximum atomic E-state index is 13.1. The highest BCUT2D eigenvalue weighted by Crippen LogP contribution is 2.25. The molecule has 0 spiro atoms. The minimum absolute atomic E-state index is 0.0669. The lowest BCUT2D eigenvalue weighted by Gasteiger charge is -2.27. The molecule has 0 aromatic carbocycles. The van der Waals surface area contributed by atoms with Gasteiger partial charge in [0.1, 0.15) is 11.9 Å². The number of amides is 1. The minimum atomic E-state index is -0.417. The van der Waals surface area contributed by atoms with E-state index in [0.717, 1.165) is 61.5 Å². The molecular weight excluding hydrogens is 344 g/mol.